The van der Waals surface area contributed by atoms with E-state index in [4.69, 9.17) is 0 Å². The summed E-state index contributed by atoms with van der Waals surface area (Å²) in [5.74, 6) is 0. The van der Waals surface area contributed by atoms with Gasteiger partial charge in [0.2, 0.25) is 0 Å². The van der Waals surface area contributed by atoms with E-state index in [0.29, 0.717) is 5.56 Å². The first-order chi connectivity index (χ1) is 25.0. The van der Waals surface area contributed by atoms with E-state index in [1.807, 2.05) is 12.1 Å². The summed E-state index contributed by atoms with van der Waals surface area (Å²) in [5.41, 5.74) is 12.1. The Labute approximate surface area is 299 Å². The lowest BCUT2D eigenvalue weighted by Gasteiger charge is -2.50. The van der Waals surface area contributed by atoms with Crippen LogP contribution in [0.2, 0.25) is 0 Å². The van der Waals surface area contributed by atoms with Crippen LogP contribution in [0.25, 0.3) is 65.7 Å². The van der Waals surface area contributed by atoms with Crippen molar-refractivity contribution in [2.45, 2.75) is 50.5 Å². The molecule has 0 radical (unpaired) electrons. The summed E-state index contributed by atoms with van der Waals surface area (Å²) in [6, 6.07) is 55.9. The zero-order valence-corrected chi connectivity index (χ0v) is 29.1. The number of nitriles is 1. The minimum Gasteiger partial charge on any atom is -0.334 e. The summed E-state index contributed by atoms with van der Waals surface area (Å²) in [5, 5.41) is 17.4. The fourth-order valence-corrected chi connectivity index (χ4v) is 9.85. The average Bonchev–Trinajstić information content (AvgIpc) is 3.40. The van der Waals surface area contributed by atoms with Crippen molar-refractivity contribution in [3.63, 3.8) is 0 Å². The Balaban J connectivity index is 1.25. The molecule has 1 aliphatic carbocycles. The fraction of sp³-hybridized carbons (Fsp3) is 0.163. The van der Waals surface area contributed by atoms with Gasteiger partial charge in [-0.1, -0.05) is 123 Å². The van der Waals surface area contributed by atoms with E-state index in [2.05, 4.69) is 158 Å². The molecule has 1 heterocycles. The molecule has 51 heavy (non-hydrogen) atoms. The normalized spacial score (nSPS) is 19.7. The molecular formula is C49H38N2. The van der Waals surface area contributed by atoms with Gasteiger partial charge in [0.25, 0.3) is 0 Å². The number of fused-ring (bicyclic) bond motifs is 3. The maximum Gasteiger partial charge on any atom is 0.0991 e. The van der Waals surface area contributed by atoms with Gasteiger partial charge in [0, 0.05) is 16.8 Å². The van der Waals surface area contributed by atoms with Gasteiger partial charge in [0.05, 0.1) is 17.2 Å². The van der Waals surface area contributed by atoms with Gasteiger partial charge in [-0.2, -0.15) is 5.26 Å². The zero-order valence-electron chi connectivity index (χ0n) is 29.1. The molecule has 0 saturated heterocycles. The van der Waals surface area contributed by atoms with Crippen LogP contribution in [0.1, 0.15) is 50.7 Å². The van der Waals surface area contributed by atoms with E-state index < -0.39 is 0 Å². The van der Waals surface area contributed by atoms with Crippen LogP contribution in [0.4, 0.5) is 11.4 Å². The number of anilines is 2. The van der Waals surface area contributed by atoms with Gasteiger partial charge >= 0.3 is 0 Å². The molecule has 0 aromatic heterocycles. The monoisotopic (exact) mass is 654 g/mol. The van der Waals surface area contributed by atoms with Crippen LogP contribution in [-0.4, -0.2) is 5.54 Å². The number of nitrogens with zero attached hydrogens (tertiary/aromatic N) is 2. The molecule has 10 rings (SSSR count). The summed E-state index contributed by atoms with van der Waals surface area (Å²) in [7, 11) is 0. The smallest absolute Gasteiger partial charge is 0.0991 e. The van der Waals surface area contributed by atoms with Gasteiger partial charge in [-0.25, -0.2) is 0 Å². The maximum absolute atomic E-state index is 9.53. The highest BCUT2D eigenvalue weighted by atomic mass is 15.3. The molecule has 0 spiro atoms. The molecule has 1 aliphatic heterocycles. The fourth-order valence-electron chi connectivity index (χ4n) is 9.85. The third-order valence-corrected chi connectivity index (χ3v) is 12.6. The van der Waals surface area contributed by atoms with Crippen LogP contribution in [0.15, 0.2) is 146 Å². The third-order valence-electron chi connectivity index (χ3n) is 12.6. The van der Waals surface area contributed by atoms with Gasteiger partial charge < -0.3 is 4.90 Å². The summed E-state index contributed by atoms with van der Waals surface area (Å²) in [4.78, 5) is 2.59. The molecule has 2 aliphatic rings. The molecule has 1 saturated carbocycles. The Morgan fingerprint density at radius 2 is 1.16 bits per heavy atom. The summed E-state index contributed by atoms with van der Waals surface area (Å²) in [6.45, 7) is 4.97. The van der Waals surface area contributed by atoms with Crippen LogP contribution in [0.3, 0.4) is 0 Å². The van der Waals surface area contributed by atoms with Crippen molar-refractivity contribution in [2.24, 2.45) is 0 Å². The van der Waals surface area contributed by atoms with Crippen molar-refractivity contribution in [3.8, 4) is 39.4 Å². The van der Waals surface area contributed by atoms with E-state index in [9.17, 15) is 5.26 Å². The first-order valence-corrected chi connectivity index (χ1v) is 18.3. The second-order valence-electron chi connectivity index (χ2n) is 15.1. The lowest BCUT2D eigenvalue weighted by molar-refractivity contribution is 0.195. The lowest BCUT2D eigenvalue weighted by Crippen LogP contribution is -2.54. The second-order valence-corrected chi connectivity index (χ2v) is 15.1. The zero-order chi connectivity index (χ0) is 34.3. The molecule has 0 amide bonds. The van der Waals surface area contributed by atoms with Crippen LogP contribution in [-0.2, 0) is 5.41 Å². The van der Waals surface area contributed by atoms with E-state index in [1.165, 1.54) is 95.5 Å². The third kappa shape index (κ3) is 4.22. The molecule has 0 N–H and O–H groups in total. The Morgan fingerprint density at radius 1 is 0.549 bits per heavy atom. The van der Waals surface area contributed by atoms with Crippen LogP contribution < -0.4 is 4.90 Å². The van der Waals surface area contributed by atoms with Crippen molar-refractivity contribution in [1.82, 2.24) is 0 Å². The predicted molar refractivity (Wildman–Crippen MR) is 214 cm³/mol. The Hall–Kier alpha value is -5.91. The van der Waals surface area contributed by atoms with Crippen molar-refractivity contribution in [3.05, 3.63) is 157 Å². The Kier molecular flexibility index (Phi) is 6.49. The van der Waals surface area contributed by atoms with Gasteiger partial charge in [-0.3, -0.25) is 0 Å². The first-order valence-electron chi connectivity index (χ1n) is 18.3. The number of hydrogen-bond donors (Lipinski definition) is 0. The molecule has 1 fully saturated rings. The molecule has 8 aromatic rings. The van der Waals surface area contributed by atoms with Gasteiger partial charge in [0.1, 0.15) is 0 Å². The van der Waals surface area contributed by atoms with E-state index in [0.717, 1.165) is 12.8 Å². The largest absolute Gasteiger partial charge is 0.334 e. The molecule has 0 bridgehead atoms. The van der Waals surface area contributed by atoms with Crippen molar-refractivity contribution < 1.29 is 0 Å². The number of hydrogen-bond acceptors (Lipinski definition) is 2. The maximum atomic E-state index is 9.53. The second kappa shape index (κ2) is 11.0. The molecule has 2 atom stereocenters. The lowest BCUT2D eigenvalue weighted by atomic mass is 9.61. The SMILES string of the molecule is CC12CCCCC1(C)N(c1ccc(C#N)cc1)c1ccc(-c3cc(-c4ccccc4)c4ccc5ccc(-c6ccccc6)c6ccc3c4c56)cc12. The molecular weight excluding hydrogens is 617 g/mol. The first kappa shape index (κ1) is 30.0. The highest BCUT2D eigenvalue weighted by Crippen LogP contribution is 2.61. The predicted octanol–water partition coefficient (Wildman–Crippen LogP) is 13.2. The molecule has 2 unspecified atom stereocenters. The van der Waals surface area contributed by atoms with Gasteiger partial charge in [-0.05, 0) is 133 Å². The number of rotatable bonds is 4. The highest BCUT2D eigenvalue weighted by molar-refractivity contribution is 6.30. The Morgan fingerprint density at radius 3 is 1.86 bits per heavy atom. The molecule has 2 heteroatoms. The van der Waals surface area contributed by atoms with Crippen LogP contribution >= 0.6 is 0 Å². The molecule has 244 valence electrons. The van der Waals surface area contributed by atoms with E-state index in [-0.39, 0.29) is 11.0 Å². The highest BCUT2D eigenvalue weighted by Gasteiger charge is 2.57. The summed E-state index contributed by atoms with van der Waals surface area (Å²) < 4.78 is 0. The Bertz CT molecular complexity index is 2670. The molecule has 2 nitrogen and oxygen atoms in total. The standard InChI is InChI=1S/C49H38N2/c1-48-27-9-10-28-49(48,2)51(37-20-15-32(31-50)16-21-37)45-26-19-36(29-44(45)48)43-30-42(34-13-7-4-8-14-34)40-23-18-35-17-22-38(33-11-5-3-6-12-33)39-24-25-41(43)47(40)46(35)39/h3-8,11-26,29-30H,9-10,27-28H2,1-2H3. The van der Waals surface area contributed by atoms with Gasteiger partial charge in [-0.15, -0.1) is 0 Å². The van der Waals surface area contributed by atoms with Crippen molar-refractivity contribution >= 4 is 43.7 Å². The summed E-state index contributed by atoms with van der Waals surface area (Å²) in [6.07, 6.45) is 4.74. The topological polar surface area (TPSA) is 27.0 Å². The minimum absolute atomic E-state index is 0.0128. The van der Waals surface area contributed by atoms with Gasteiger partial charge in [0.15, 0.2) is 0 Å². The van der Waals surface area contributed by atoms with E-state index >= 15 is 0 Å². The minimum atomic E-state index is -0.0634. The summed E-state index contributed by atoms with van der Waals surface area (Å²) >= 11 is 0. The van der Waals surface area contributed by atoms with Crippen molar-refractivity contribution in [1.29, 1.82) is 5.26 Å². The number of benzene rings is 8. The van der Waals surface area contributed by atoms with Crippen LogP contribution in [0.5, 0.6) is 0 Å². The quantitative estimate of drug-likeness (QED) is 0.177. The molecule has 8 aromatic carbocycles. The van der Waals surface area contributed by atoms with E-state index in [1.54, 1.807) is 0 Å². The average molecular weight is 655 g/mol. The van der Waals surface area contributed by atoms with Crippen LogP contribution in [0, 0.1) is 11.3 Å². The van der Waals surface area contributed by atoms with Crippen molar-refractivity contribution in [2.75, 3.05) is 4.90 Å².